The van der Waals surface area contributed by atoms with E-state index in [0.717, 1.165) is 10.9 Å². The molecule has 0 aromatic heterocycles. The standard InChI is InChI=1S/C24H20N4O3S/c1-16-4-2-6-20(14-16)26-24(29)25-18-10-12-19(13-11-18)27-28-21-9-8-17-5-3-7-23(32(30)31)22(17)15-21/h2-15H,1H3,(H,30,31)(H2,25,26,29)/p-1. The van der Waals surface area contributed by atoms with E-state index >= 15 is 0 Å². The van der Waals surface area contributed by atoms with Crippen molar-refractivity contribution in [1.29, 1.82) is 0 Å². The SMILES string of the molecule is Cc1cccc(NC(=O)Nc2ccc(N=Nc3ccc4cccc(S(=O)[O-])c4c3)cc2)c1. The lowest BCUT2D eigenvalue weighted by atomic mass is 10.1. The molecule has 1 atom stereocenters. The first kappa shape index (κ1) is 21.4. The van der Waals surface area contributed by atoms with Gasteiger partial charge in [0.05, 0.1) is 11.4 Å². The van der Waals surface area contributed by atoms with Crippen LogP contribution in [0.5, 0.6) is 0 Å². The number of fused-ring (bicyclic) bond motifs is 1. The number of hydrogen-bond acceptors (Lipinski definition) is 5. The van der Waals surface area contributed by atoms with Crippen molar-refractivity contribution in [2.75, 3.05) is 10.6 Å². The predicted molar refractivity (Wildman–Crippen MR) is 126 cm³/mol. The van der Waals surface area contributed by atoms with Crippen molar-refractivity contribution in [2.24, 2.45) is 10.2 Å². The van der Waals surface area contributed by atoms with Crippen LogP contribution in [0.2, 0.25) is 0 Å². The van der Waals surface area contributed by atoms with Crippen molar-refractivity contribution in [3.05, 3.63) is 90.5 Å². The van der Waals surface area contributed by atoms with E-state index in [0.29, 0.717) is 28.1 Å². The maximum Gasteiger partial charge on any atom is 0.323 e. The highest BCUT2D eigenvalue weighted by molar-refractivity contribution is 7.79. The summed E-state index contributed by atoms with van der Waals surface area (Å²) in [6, 6.07) is 24.5. The third-order valence-corrected chi connectivity index (χ3v) is 5.40. The van der Waals surface area contributed by atoms with Crippen LogP contribution in [0.1, 0.15) is 5.56 Å². The van der Waals surface area contributed by atoms with Gasteiger partial charge in [-0.15, -0.1) is 0 Å². The van der Waals surface area contributed by atoms with Crippen molar-refractivity contribution in [1.82, 2.24) is 0 Å². The summed E-state index contributed by atoms with van der Waals surface area (Å²) in [7, 11) is 0. The van der Waals surface area contributed by atoms with E-state index in [9.17, 15) is 13.6 Å². The van der Waals surface area contributed by atoms with Crippen LogP contribution in [0, 0.1) is 6.92 Å². The summed E-state index contributed by atoms with van der Waals surface area (Å²) in [6.07, 6.45) is 0. The van der Waals surface area contributed by atoms with Crippen LogP contribution < -0.4 is 10.6 Å². The number of amides is 2. The quantitative estimate of drug-likeness (QED) is 0.273. The number of benzene rings is 4. The van der Waals surface area contributed by atoms with Crippen LogP contribution in [-0.4, -0.2) is 14.8 Å². The van der Waals surface area contributed by atoms with E-state index in [1.54, 1.807) is 54.6 Å². The fourth-order valence-corrected chi connectivity index (χ4v) is 3.73. The molecule has 0 heterocycles. The van der Waals surface area contributed by atoms with Gasteiger partial charge in [-0.1, -0.05) is 30.3 Å². The molecule has 0 bridgehead atoms. The van der Waals surface area contributed by atoms with Crippen molar-refractivity contribution in [2.45, 2.75) is 11.8 Å². The first-order valence-corrected chi connectivity index (χ1v) is 10.8. The Morgan fingerprint density at radius 3 is 2.25 bits per heavy atom. The second-order valence-corrected chi connectivity index (χ2v) is 8.00. The van der Waals surface area contributed by atoms with Gasteiger partial charge in [-0.25, -0.2) is 4.79 Å². The first-order chi connectivity index (χ1) is 15.5. The zero-order valence-corrected chi connectivity index (χ0v) is 17.9. The Kier molecular flexibility index (Phi) is 6.34. The van der Waals surface area contributed by atoms with E-state index in [1.165, 1.54) is 0 Å². The average molecular weight is 444 g/mol. The number of hydrogen-bond donors (Lipinski definition) is 2. The number of rotatable bonds is 5. The van der Waals surface area contributed by atoms with Gasteiger partial charge < -0.3 is 15.2 Å². The Morgan fingerprint density at radius 1 is 0.812 bits per heavy atom. The van der Waals surface area contributed by atoms with Gasteiger partial charge in [0.15, 0.2) is 0 Å². The summed E-state index contributed by atoms with van der Waals surface area (Å²) in [5.74, 6) is 0. The van der Waals surface area contributed by atoms with Crippen molar-refractivity contribution in [3.63, 3.8) is 0 Å². The molecule has 0 aliphatic rings. The van der Waals surface area contributed by atoms with Gasteiger partial charge in [0.2, 0.25) is 0 Å². The van der Waals surface area contributed by atoms with Gasteiger partial charge in [-0.2, -0.15) is 10.2 Å². The van der Waals surface area contributed by atoms with Crippen molar-refractivity contribution in [3.8, 4) is 0 Å². The van der Waals surface area contributed by atoms with Gasteiger partial charge in [0, 0.05) is 16.3 Å². The van der Waals surface area contributed by atoms with E-state index < -0.39 is 11.1 Å². The molecular formula is C24H19N4O3S-. The van der Waals surface area contributed by atoms with Gasteiger partial charge in [-0.05, 0) is 88.9 Å². The molecule has 7 nitrogen and oxygen atoms in total. The topological polar surface area (TPSA) is 106 Å². The van der Waals surface area contributed by atoms with Gasteiger partial charge in [0.25, 0.3) is 0 Å². The Labute approximate surface area is 187 Å². The maximum atomic E-state index is 12.2. The smallest absolute Gasteiger partial charge is 0.323 e. The van der Waals surface area contributed by atoms with Gasteiger partial charge in [-0.3, -0.25) is 4.21 Å². The minimum atomic E-state index is -2.34. The van der Waals surface area contributed by atoms with Crippen LogP contribution in [0.25, 0.3) is 10.8 Å². The molecule has 2 amide bonds. The number of nitrogens with one attached hydrogen (secondary N) is 2. The van der Waals surface area contributed by atoms with Crippen LogP contribution in [0.15, 0.2) is 100 Å². The Bertz CT molecular complexity index is 1340. The van der Waals surface area contributed by atoms with E-state index in [4.69, 9.17) is 0 Å². The summed E-state index contributed by atoms with van der Waals surface area (Å²) in [5.41, 5.74) is 3.52. The summed E-state index contributed by atoms with van der Waals surface area (Å²) < 4.78 is 22.9. The number of carbonyl (C=O) groups is 1. The van der Waals surface area contributed by atoms with Crippen molar-refractivity contribution >= 4 is 50.6 Å². The third-order valence-electron chi connectivity index (χ3n) is 4.69. The predicted octanol–water partition coefficient (Wildman–Crippen LogP) is 6.45. The molecule has 0 radical (unpaired) electrons. The number of urea groups is 1. The lowest BCUT2D eigenvalue weighted by Gasteiger charge is -2.09. The van der Waals surface area contributed by atoms with Gasteiger partial charge in [0.1, 0.15) is 0 Å². The van der Waals surface area contributed by atoms with Crippen LogP contribution in [-0.2, 0) is 11.1 Å². The minimum absolute atomic E-state index is 0.221. The monoisotopic (exact) mass is 443 g/mol. The molecule has 0 saturated carbocycles. The summed E-state index contributed by atoms with van der Waals surface area (Å²) in [5, 5.41) is 15.4. The molecule has 0 aliphatic heterocycles. The van der Waals surface area contributed by atoms with Crippen molar-refractivity contribution < 1.29 is 13.6 Å². The second-order valence-electron chi connectivity index (χ2n) is 7.09. The summed E-state index contributed by atoms with van der Waals surface area (Å²) in [6.45, 7) is 1.96. The summed E-state index contributed by atoms with van der Waals surface area (Å²) in [4.78, 5) is 12.4. The number of anilines is 2. The highest BCUT2D eigenvalue weighted by atomic mass is 32.2. The number of azo groups is 1. The Morgan fingerprint density at radius 2 is 1.50 bits per heavy atom. The molecule has 8 heteroatoms. The molecule has 4 rings (SSSR count). The largest absolute Gasteiger partial charge is 0.768 e. The van der Waals surface area contributed by atoms with Crippen LogP contribution >= 0.6 is 0 Å². The fraction of sp³-hybridized carbons (Fsp3) is 0.0417. The minimum Gasteiger partial charge on any atom is -0.768 e. The zero-order valence-electron chi connectivity index (χ0n) is 17.1. The number of carbonyl (C=O) groups excluding carboxylic acids is 1. The third kappa shape index (κ3) is 5.23. The molecule has 1 unspecified atom stereocenters. The molecule has 4 aromatic carbocycles. The number of nitrogens with zero attached hydrogens (tertiary/aromatic N) is 2. The van der Waals surface area contributed by atoms with E-state index in [1.807, 2.05) is 37.3 Å². The molecule has 0 aliphatic carbocycles. The molecule has 2 N–H and O–H groups in total. The molecule has 32 heavy (non-hydrogen) atoms. The summed E-state index contributed by atoms with van der Waals surface area (Å²) >= 11 is -2.34. The average Bonchev–Trinajstić information content (AvgIpc) is 2.78. The molecule has 160 valence electrons. The molecular weight excluding hydrogens is 424 g/mol. The normalized spacial score (nSPS) is 12.1. The van der Waals surface area contributed by atoms with Gasteiger partial charge >= 0.3 is 6.03 Å². The molecule has 4 aromatic rings. The van der Waals surface area contributed by atoms with Crippen LogP contribution in [0.4, 0.5) is 27.5 Å². The highest BCUT2D eigenvalue weighted by Gasteiger charge is 2.04. The highest BCUT2D eigenvalue weighted by Crippen LogP contribution is 2.27. The molecule has 0 fully saturated rings. The number of aryl methyl sites for hydroxylation is 1. The Balaban J connectivity index is 1.44. The Hall–Kier alpha value is -3.88. The van der Waals surface area contributed by atoms with Crippen LogP contribution in [0.3, 0.4) is 0 Å². The van der Waals surface area contributed by atoms with E-state index in [-0.39, 0.29) is 10.9 Å². The molecule has 0 spiro atoms. The van der Waals surface area contributed by atoms with E-state index in [2.05, 4.69) is 20.9 Å². The lowest BCUT2D eigenvalue weighted by molar-refractivity contribution is 0.262. The second kappa shape index (κ2) is 9.51. The first-order valence-electron chi connectivity index (χ1n) is 9.76. The maximum absolute atomic E-state index is 12.2. The lowest BCUT2D eigenvalue weighted by Crippen LogP contribution is -2.19. The fourth-order valence-electron chi connectivity index (χ4n) is 3.18. The molecule has 0 saturated heterocycles. The zero-order chi connectivity index (χ0) is 22.5.